The van der Waals surface area contributed by atoms with E-state index in [9.17, 15) is 4.39 Å². The molecule has 0 bridgehead atoms. The summed E-state index contributed by atoms with van der Waals surface area (Å²) in [5.74, 6) is -0.365. The second kappa shape index (κ2) is 3.11. The van der Waals surface area contributed by atoms with E-state index in [0.29, 0.717) is 5.56 Å². The number of rotatable bonds is 1. The van der Waals surface area contributed by atoms with Crippen molar-refractivity contribution in [3.05, 3.63) is 28.2 Å². The Morgan fingerprint density at radius 3 is 3.00 bits per heavy atom. The van der Waals surface area contributed by atoms with Crippen molar-refractivity contribution in [2.75, 3.05) is 6.54 Å². The van der Waals surface area contributed by atoms with Gasteiger partial charge in [-0.25, -0.2) is 4.98 Å². The molecule has 0 radical (unpaired) electrons. The van der Waals surface area contributed by atoms with E-state index in [1.54, 1.807) is 6.07 Å². The molecule has 2 rings (SSSR count). The molecule has 1 saturated heterocycles. The molecule has 12 heavy (non-hydrogen) atoms. The summed E-state index contributed by atoms with van der Waals surface area (Å²) in [7, 11) is 0. The van der Waals surface area contributed by atoms with Gasteiger partial charge in [0.05, 0.1) is 0 Å². The van der Waals surface area contributed by atoms with Gasteiger partial charge in [0, 0.05) is 22.3 Å². The predicted molar refractivity (Wildman–Crippen MR) is 47.3 cm³/mol. The van der Waals surface area contributed by atoms with E-state index in [-0.39, 0.29) is 12.0 Å². The van der Waals surface area contributed by atoms with E-state index in [1.807, 2.05) is 0 Å². The zero-order valence-corrected chi connectivity index (χ0v) is 7.94. The van der Waals surface area contributed by atoms with Crippen LogP contribution in [0.5, 0.6) is 0 Å². The van der Waals surface area contributed by atoms with Crippen LogP contribution in [0.1, 0.15) is 18.0 Å². The van der Waals surface area contributed by atoms with Gasteiger partial charge in [-0.1, -0.05) is 0 Å². The second-order valence-corrected chi connectivity index (χ2v) is 3.74. The van der Waals surface area contributed by atoms with E-state index >= 15 is 0 Å². The Morgan fingerprint density at radius 2 is 2.42 bits per heavy atom. The Balaban J connectivity index is 2.34. The lowest BCUT2D eigenvalue weighted by Gasteiger charge is -2.27. The molecular formula is C8H8BrFN2. The molecule has 0 amide bonds. The third kappa shape index (κ3) is 1.36. The fourth-order valence-corrected chi connectivity index (χ4v) is 1.59. The average molecular weight is 231 g/mol. The Kier molecular flexibility index (Phi) is 2.11. The zero-order chi connectivity index (χ0) is 8.55. The molecule has 0 saturated carbocycles. The zero-order valence-electron chi connectivity index (χ0n) is 6.35. The summed E-state index contributed by atoms with van der Waals surface area (Å²) in [6, 6.07) is 1.94. The highest BCUT2D eigenvalue weighted by Gasteiger charge is 2.22. The van der Waals surface area contributed by atoms with Crippen molar-refractivity contribution >= 4 is 15.9 Å². The molecule has 1 fully saturated rings. The van der Waals surface area contributed by atoms with Crippen molar-refractivity contribution in [3.8, 4) is 0 Å². The van der Waals surface area contributed by atoms with Gasteiger partial charge in [0.2, 0.25) is 5.95 Å². The maximum absolute atomic E-state index is 13.1. The highest BCUT2D eigenvalue weighted by molar-refractivity contribution is 9.10. The summed E-state index contributed by atoms with van der Waals surface area (Å²) in [6.07, 6.45) is 2.46. The maximum atomic E-state index is 13.1. The molecule has 0 aromatic carbocycles. The molecule has 1 atom stereocenters. The topological polar surface area (TPSA) is 24.9 Å². The number of nitrogens with zero attached hydrogens (tertiary/aromatic N) is 1. The predicted octanol–water partition coefficient (Wildman–Crippen LogP) is 2.02. The van der Waals surface area contributed by atoms with Crippen molar-refractivity contribution in [2.45, 2.75) is 12.5 Å². The quantitative estimate of drug-likeness (QED) is 0.748. The minimum Gasteiger partial charge on any atom is -0.310 e. The van der Waals surface area contributed by atoms with Gasteiger partial charge in [0.15, 0.2) is 0 Å². The van der Waals surface area contributed by atoms with Crippen molar-refractivity contribution in [1.82, 2.24) is 10.3 Å². The summed E-state index contributed by atoms with van der Waals surface area (Å²) in [6.45, 7) is 0.969. The molecule has 0 unspecified atom stereocenters. The second-order valence-electron chi connectivity index (χ2n) is 2.83. The van der Waals surface area contributed by atoms with E-state index in [2.05, 4.69) is 26.2 Å². The van der Waals surface area contributed by atoms with Gasteiger partial charge in [0.1, 0.15) is 0 Å². The Labute approximate surface area is 78.3 Å². The molecule has 1 aromatic rings. The van der Waals surface area contributed by atoms with Crippen molar-refractivity contribution in [3.63, 3.8) is 0 Å². The fourth-order valence-electron chi connectivity index (χ4n) is 1.24. The van der Waals surface area contributed by atoms with Gasteiger partial charge in [-0.3, -0.25) is 0 Å². The van der Waals surface area contributed by atoms with Gasteiger partial charge in [0.25, 0.3) is 0 Å². The van der Waals surface area contributed by atoms with Crippen LogP contribution in [0.4, 0.5) is 4.39 Å². The van der Waals surface area contributed by atoms with Crippen LogP contribution >= 0.6 is 15.9 Å². The van der Waals surface area contributed by atoms with Gasteiger partial charge in [-0.2, -0.15) is 4.39 Å². The Hall–Kier alpha value is -0.480. The fraction of sp³-hybridized carbons (Fsp3) is 0.375. The highest BCUT2D eigenvalue weighted by atomic mass is 79.9. The largest absolute Gasteiger partial charge is 0.310 e. The lowest BCUT2D eigenvalue weighted by atomic mass is 10.00. The number of hydrogen-bond acceptors (Lipinski definition) is 2. The molecule has 64 valence electrons. The van der Waals surface area contributed by atoms with Crippen LogP contribution in [0.25, 0.3) is 0 Å². The number of halogens is 2. The SMILES string of the molecule is Fc1ncc(Br)cc1[C@@H]1CCN1. The molecule has 1 aliphatic heterocycles. The first-order chi connectivity index (χ1) is 5.77. The summed E-state index contributed by atoms with van der Waals surface area (Å²) in [5.41, 5.74) is 0.663. The first-order valence-electron chi connectivity index (χ1n) is 3.81. The monoisotopic (exact) mass is 230 g/mol. The molecule has 0 spiro atoms. The van der Waals surface area contributed by atoms with Crippen LogP contribution in [0.15, 0.2) is 16.7 Å². The van der Waals surface area contributed by atoms with Crippen LogP contribution in [0.2, 0.25) is 0 Å². The van der Waals surface area contributed by atoms with Gasteiger partial charge in [-0.15, -0.1) is 0 Å². The number of hydrogen-bond donors (Lipinski definition) is 1. The van der Waals surface area contributed by atoms with Crippen LogP contribution in [0.3, 0.4) is 0 Å². The third-order valence-corrected chi connectivity index (χ3v) is 2.47. The minimum atomic E-state index is -0.365. The summed E-state index contributed by atoms with van der Waals surface area (Å²) < 4.78 is 13.9. The molecule has 1 aromatic heterocycles. The van der Waals surface area contributed by atoms with Gasteiger partial charge >= 0.3 is 0 Å². The Bertz CT molecular complexity index is 299. The lowest BCUT2D eigenvalue weighted by Crippen LogP contribution is -2.35. The Morgan fingerprint density at radius 1 is 1.67 bits per heavy atom. The minimum absolute atomic E-state index is 0.162. The van der Waals surface area contributed by atoms with E-state index in [0.717, 1.165) is 17.4 Å². The van der Waals surface area contributed by atoms with Gasteiger partial charge in [-0.05, 0) is 35.0 Å². The lowest BCUT2D eigenvalue weighted by molar-refractivity contribution is 0.366. The highest BCUT2D eigenvalue weighted by Crippen LogP contribution is 2.26. The molecule has 2 nitrogen and oxygen atoms in total. The first-order valence-corrected chi connectivity index (χ1v) is 4.61. The van der Waals surface area contributed by atoms with Crippen LogP contribution in [-0.4, -0.2) is 11.5 Å². The normalized spacial score (nSPS) is 22.0. The van der Waals surface area contributed by atoms with E-state index < -0.39 is 0 Å². The smallest absolute Gasteiger partial charge is 0.217 e. The molecule has 4 heteroatoms. The number of nitrogens with one attached hydrogen (secondary N) is 1. The summed E-state index contributed by atoms with van der Waals surface area (Å²) >= 11 is 3.26. The summed E-state index contributed by atoms with van der Waals surface area (Å²) in [5, 5.41) is 3.13. The van der Waals surface area contributed by atoms with Crippen molar-refractivity contribution in [2.24, 2.45) is 0 Å². The van der Waals surface area contributed by atoms with E-state index in [1.165, 1.54) is 6.20 Å². The van der Waals surface area contributed by atoms with Crippen LogP contribution in [-0.2, 0) is 0 Å². The first kappa shape index (κ1) is 8.13. The molecule has 1 aliphatic rings. The third-order valence-electron chi connectivity index (χ3n) is 2.03. The van der Waals surface area contributed by atoms with E-state index in [4.69, 9.17) is 0 Å². The van der Waals surface area contributed by atoms with Gasteiger partial charge < -0.3 is 5.32 Å². The molecule has 1 N–H and O–H groups in total. The van der Waals surface area contributed by atoms with Crippen LogP contribution in [0, 0.1) is 5.95 Å². The van der Waals surface area contributed by atoms with Crippen molar-refractivity contribution < 1.29 is 4.39 Å². The number of pyridine rings is 1. The summed E-state index contributed by atoms with van der Waals surface area (Å²) in [4.78, 5) is 3.63. The average Bonchev–Trinajstić information content (AvgIpc) is 1.93. The standard InChI is InChI=1S/C8H8BrFN2/c9-5-3-6(7-1-2-11-7)8(10)12-4-5/h3-4,7,11H,1-2H2/t7-/m0/s1. The number of aromatic nitrogens is 1. The molecular weight excluding hydrogens is 223 g/mol. The maximum Gasteiger partial charge on any atom is 0.217 e. The van der Waals surface area contributed by atoms with Crippen molar-refractivity contribution in [1.29, 1.82) is 0 Å². The van der Waals surface area contributed by atoms with Crippen LogP contribution < -0.4 is 5.32 Å². The molecule has 0 aliphatic carbocycles. The molecule has 2 heterocycles.